The van der Waals surface area contributed by atoms with Gasteiger partial charge >= 0.3 is 6.18 Å². The van der Waals surface area contributed by atoms with Gasteiger partial charge in [0.1, 0.15) is 5.75 Å². The monoisotopic (exact) mass is 497 g/mol. The molecule has 34 heavy (non-hydrogen) atoms. The van der Waals surface area contributed by atoms with Crippen LogP contribution in [0.2, 0.25) is 0 Å². The van der Waals surface area contributed by atoms with Crippen molar-refractivity contribution in [2.45, 2.75) is 55.9 Å². The van der Waals surface area contributed by atoms with E-state index in [2.05, 4.69) is 6.07 Å². The Morgan fingerprint density at radius 3 is 2.41 bits per heavy atom. The number of ether oxygens (including phenoxy) is 2. The Bertz CT molecular complexity index is 1190. The Hall–Kier alpha value is -2.59. The zero-order chi connectivity index (χ0) is 24.7. The number of carbonyl (C=O) groups is 1. The summed E-state index contributed by atoms with van der Waals surface area (Å²) in [5.74, 6) is -0.501. The largest absolute Gasteiger partial charge is 0.480 e. The minimum absolute atomic E-state index is 0.165. The summed E-state index contributed by atoms with van der Waals surface area (Å²) in [7, 11) is -3.69. The predicted octanol–water partition coefficient (Wildman–Crippen LogP) is 4.47. The molecule has 0 aromatic heterocycles. The highest BCUT2D eigenvalue weighted by molar-refractivity contribution is 7.90. The number of carbonyl (C=O) groups excluding carboxylic acids is 1. The molecule has 2 aromatic rings. The number of hydrogen-bond donors (Lipinski definition) is 0. The lowest BCUT2D eigenvalue weighted by molar-refractivity contribution is -0.189. The summed E-state index contributed by atoms with van der Waals surface area (Å²) in [5, 5.41) is 0. The molecule has 10 heteroatoms. The number of alkyl halides is 3. The van der Waals surface area contributed by atoms with E-state index >= 15 is 0 Å². The van der Waals surface area contributed by atoms with Crippen LogP contribution in [0.5, 0.6) is 5.75 Å². The molecule has 0 bridgehead atoms. The molecule has 0 spiro atoms. The first-order valence-corrected chi connectivity index (χ1v) is 12.9. The number of hydrogen-bond acceptors (Lipinski definition) is 5. The summed E-state index contributed by atoms with van der Waals surface area (Å²) in [6.45, 7) is 2.81. The highest BCUT2D eigenvalue weighted by Crippen LogP contribution is 2.34. The van der Waals surface area contributed by atoms with Gasteiger partial charge in [-0.3, -0.25) is 4.79 Å². The molecule has 2 aromatic carbocycles. The fourth-order valence-corrected chi connectivity index (χ4v) is 4.93. The van der Waals surface area contributed by atoms with E-state index in [0.717, 1.165) is 55.3 Å². The molecule has 1 atom stereocenters. The minimum Gasteiger partial charge on any atom is -0.480 e. The molecule has 0 unspecified atom stereocenters. The highest BCUT2D eigenvalue weighted by Gasteiger charge is 2.39. The predicted molar refractivity (Wildman–Crippen MR) is 119 cm³/mol. The lowest BCUT2D eigenvalue weighted by Gasteiger charge is -2.23. The van der Waals surface area contributed by atoms with Crippen LogP contribution < -0.4 is 4.74 Å². The number of nitrogens with zero attached hydrogens (tertiary/aromatic N) is 1. The van der Waals surface area contributed by atoms with Crippen molar-refractivity contribution in [3.05, 3.63) is 58.7 Å². The van der Waals surface area contributed by atoms with Crippen LogP contribution in [0.3, 0.4) is 0 Å². The van der Waals surface area contributed by atoms with Crippen molar-refractivity contribution in [1.29, 1.82) is 0 Å². The molecule has 2 aliphatic rings. The molecule has 4 rings (SSSR count). The van der Waals surface area contributed by atoms with Crippen molar-refractivity contribution in [3.63, 3.8) is 0 Å². The third-order valence-corrected chi connectivity index (χ3v) is 7.42. The van der Waals surface area contributed by atoms with Gasteiger partial charge in [0.15, 0.2) is 15.9 Å². The summed E-state index contributed by atoms with van der Waals surface area (Å²) in [6, 6.07) is 9.44. The quantitative estimate of drug-likeness (QED) is 0.610. The Labute approximate surface area is 196 Å². The number of halogens is 3. The van der Waals surface area contributed by atoms with Gasteiger partial charge in [-0.1, -0.05) is 18.2 Å². The molecule has 0 radical (unpaired) electrons. The second-order valence-electron chi connectivity index (χ2n) is 8.81. The molecule has 1 fully saturated rings. The maximum Gasteiger partial charge on any atom is 0.425 e. The number of rotatable bonds is 5. The molecule has 6 nitrogen and oxygen atoms in total. The summed E-state index contributed by atoms with van der Waals surface area (Å²) in [5.41, 5.74) is 2.90. The van der Waals surface area contributed by atoms with Gasteiger partial charge in [0.05, 0.1) is 10.5 Å². The van der Waals surface area contributed by atoms with Crippen LogP contribution in [0.4, 0.5) is 13.2 Å². The molecule has 1 amide bonds. The summed E-state index contributed by atoms with van der Waals surface area (Å²) >= 11 is 0. The fraction of sp³-hybridized carbons (Fsp3) is 0.458. The number of fused-ring (bicyclic) bond motifs is 1. The van der Waals surface area contributed by atoms with Crippen LogP contribution >= 0.6 is 0 Å². The van der Waals surface area contributed by atoms with Crippen LogP contribution in [0, 0.1) is 0 Å². The van der Waals surface area contributed by atoms with E-state index in [4.69, 9.17) is 9.47 Å². The van der Waals surface area contributed by atoms with Crippen molar-refractivity contribution in [3.8, 4) is 5.75 Å². The Kier molecular flexibility index (Phi) is 6.65. The van der Waals surface area contributed by atoms with E-state index in [-0.39, 0.29) is 29.3 Å². The van der Waals surface area contributed by atoms with Crippen LogP contribution in [0.1, 0.15) is 52.7 Å². The van der Waals surface area contributed by atoms with Gasteiger partial charge in [0, 0.05) is 32.6 Å². The van der Waals surface area contributed by atoms with E-state index in [1.54, 1.807) is 0 Å². The smallest absolute Gasteiger partial charge is 0.425 e. The van der Waals surface area contributed by atoms with Crippen LogP contribution in [0.15, 0.2) is 41.3 Å². The minimum atomic E-state index is -4.64. The second-order valence-corrected chi connectivity index (χ2v) is 10.8. The van der Waals surface area contributed by atoms with Gasteiger partial charge in [-0.25, -0.2) is 8.42 Å². The van der Waals surface area contributed by atoms with Crippen molar-refractivity contribution >= 4 is 15.7 Å². The van der Waals surface area contributed by atoms with E-state index in [1.165, 1.54) is 10.5 Å². The molecular weight excluding hydrogens is 471 g/mol. The topological polar surface area (TPSA) is 72.9 Å². The lowest BCUT2D eigenvalue weighted by Crippen LogP contribution is -2.32. The first-order chi connectivity index (χ1) is 15.9. The van der Waals surface area contributed by atoms with Crippen molar-refractivity contribution in [1.82, 2.24) is 4.90 Å². The maximum absolute atomic E-state index is 13.4. The van der Waals surface area contributed by atoms with Crippen LogP contribution in [-0.2, 0) is 27.7 Å². The van der Waals surface area contributed by atoms with Gasteiger partial charge in [-0.15, -0.1) is 0 Å². The molecule has 2 heterocycles. The van der Waals surface area contributed by atoms with Gasteiger partial charge < -0.3 is 14.4 Å². The molecule has 0 aliphatic carbocycles. The van der Waals surface area contributed by atoms with Gasteiger partial charge in [0.25, 0.3) is 5.91 Å². The Morgan fingerprint density at radius 1 is 1.09 bits per heavy atom. The molecule has 0 saturated carbocycles. The lowest BCUT2D eigenvalue weighted by atomic mass is 9.90. The first-order valence-electron chi connectivity index (χ1n) is 11.0. The third kappa shape index (κ3) is 5.22. The van der Waals surface area contributed by atoms with Crippen molar-refractivity contribution < 1.29 is 35.9 Å². The third-order valence-electron chi connectivity index (χ3n) is 6.31. The van der Waals surface area contributed by atoms with Crippen LogP contribution in [0.25, 0.3) is 0 Å². The normalized spacial score (nSPS) is 18.0. The zero-order valence-corrected chi connectivity index (χ0v) is 19.7. The summed E-state index contributed by atoms with van der Waals surface area (Å²) < 4.78 is 73.8. The average molecular weight is 498 g/mol. The molecule has 0 N–H and O–H groups in total. The Morgan fingerprint density at radius 2 is 1.76 bits per heavy atom. The van der Waals surface area contributed by atoms with Crippen molar-refractivity contribution in [2.75, 3.05) is 19.5 Å². The number of amides is 1. The van der Waals surface area contributed by atoms with Gasteiger partial charge in [-0.2, -0.15) is 13.2 Å². The van der Waals surface area contributed by atoms with E-state index in [9.17, 15) is 26.4 Å². The number of benzene rings is 2. The summed E-state index contributed by atoms with van der Waals surface area (Å²) in [4.78, 5) is 14.7. The molecule has 1 saturated heterocycles. The fourth-order valence-electron chi connectivity index (χ4n) is 4.28. The SMILES string of the molecule is C[C@H](Oc1ccc(S(C)(=O)=O)cc1C(=O)N1Cc2ccc(C3CCOCC3)cc2C1)C(F)(F)F. The van der Waals surface area contributed by atoms with Crippen molar-refractivity contribution in [2.24, 2.45) is 0 Å². The maximum atomic E-state index is 13.4. The first kappa shape index (κ1) is 24.5. The Balaban J connectivity index is 1.61. The van der Waals surface area contributed by atoms with Gasteiger partial charge in [-0.05, 0) is 60.6 Å². The highest BCUT2D eigenvalue weighted by atomic mass is 32.2. The van der Waals surface area contributed by atoms with Gasteiger partial charge in [0.2, 0.25) is 0 Å². The molecule has 2 aliphatic heterocycles. The molecular formula is C24H26F3NO5S. The average Bonchev–Trinajstić information content (AvgIpc) is 3.21. The van der Waals surface area contributed by atoms with Crippen LogP contribution in [-0.4, -0.2) is 51.0 Å². The zero-order valence-electron chi connectivity index (χ0n) is 18.9. The summed E-state index contributed by atoms with van der Waals surface area (Å²) in [6.07, 6.45) is -3.98. The number of sulfone groups is 1. The molecule has 184 valence electrons. The second kappa shape index (κ2) is 9.22. The standard InChI is InChI=1S/C24H26F3NO5S/c1-15(24(25,26)27)33-22-6-5-20(34(2,30)31)12-21(22)23(29)28-13-18-4-3-17(11-19(18)14-28)16-7-9-32-10-8-16/h3-6,11-12,15-16H,7-10,13-14H2,1-2H3/t15-/m0/s1. The van der Waals surface area contributed by atoms with E-state index in [0.29, 0.717) is 19.1 Å². The van der Waals surface area contributed by atoms with E-state index in [1.807, 2.05) is 12.1 Å². The van der Waals surface area contributed by atoms with E-state index < -0.39 is 28.0 Å².